The number of carbonyl (C=O) groups excluding carboxylic acids is 1. The number of allylic oxidation sites excluding steroid dienone is 3. The first-order valence-electron chi connectivity index (χ1n) is 10.1. The van der Waals surface area contributed by atoms with Crippen molar-refractivity contribution in [3.8, 4) is 11.4 Å². The number of aromatic nitrogens is 2. The third-order valence-electron chi connectivity index (χ3n) is 4.67. The number of carbonyl (C=O) groups is 1. The molecule has 1 amide bonds. The van der Waals surface area contributed by atoms with Crippen LogP contribution in [0, 0.1) is 5.92 Å². The molecule has 0 fully saturated rings. The summed E-state index contributed by atoms with van der Waals surface area (Å²) >= 11 is 0. The van der Waals surface area contributed by atoms with Crippen molar-refractivity contribution in [3.63, 3.8) is 0 Å². The molecule has 2 aromatic carbocycles. The number of benzene rings is 2. The summed E-state index contributed by atoms with van der Waals surface area (Å²) in [5.74, 6) is 1.87. The van der Waals surface area contributed by atoms with Crippen molar-refractivity contribution >= 4 is 22.8 Å². The topological polar surface area (TPSA) is 65.4 Å². The molecule has 1 aliphatic carbocycles. The molecule has 30 heavy (non-hydrogen) atoms. The molecule has 0 aliphatic heterocycles. The van der Waals surface area contributed by atoms with Crippen molar-refractivity contribution in [1.29, 1.82) is 0 Å². The van der Waals surface area contributed by atoms with Crippen LogP contribution in [0.5, 0.6) is 5.75 Å². The minimum atomic E-state index is -0.498. The molecule has 0 unspecified atom stereocenters. The summed E-state index contributed by atoms with van der Waals surface area (Å²) in [5, 5.41) is 2.75. The molecule has 4 rings (SSSR count). The lowest BCUT2D eigenvalue weighted by Gasteiger charge is -2.11. The zero-order valence-electron chi connectivity index (χ0n) is 17.2. The van der Waals surface area contributed by atoms with Gasteiger partial charge < -0.3 is 9.47 Å². The van der Waals surface area contributed by atoms with Gasteiger partial charge in [-0.15, -0.1) is 0 Å². The lowest BCUT2D eigenvalue weighted by atomic mass is 10.2. The molecule has 6 nitrogen and oxygen atoms in total. The summed E-state index contributed by atoms with van der Waals surface area (Å²) in [6, 6.07) is 13.5. The van der Waals surface area contributed by atoms with E-state index < -0.39 is 6.09 Å². The zero-order valence-corrected chi connectivity index (χ0v) is 17.2. The highest BCUT2D eigenvalue weighted by Gasteiger charge is 2.09. The Morgan fingerprint density at radius 3 is 2.73 bits per heavy atom. The Hall–Kier alpha value is -3.54. The van der Waals surface area contributed by atoms with E-state index in [9.17, 15) is 4.79 Å². The highest BCUT2D eigenvalue weighted by Crippen LogP contribution is 2.24. The summed E-state index contributed by atoms with van der Waals surface area (Å²) in [7, 11) is 0. The summed E-state index contributed by atoms with van der Waals surface area (Å²) in [5.41, 5.74) is 3.47. The third-order valence-corrected chi connectivity index (χ3v) is 4.67. The lowest BCUT2D eigenvalue weighted by Crippen LogP contribution is -2.13. The van der Waals surface area contributed by atoms with Crippen molar-refractivity contribution in [2.45, 2.75) is 26.7 Å². The molecule has 3 aromatic rings. The van der Waals surface area contributed by atoms with E-state index in [1.54, 1.807) is 6.33 Å². The van der Waals surface area contributed by atoms with Crippen LogP contribution in [0.2, 0.25) is 0 Å². The van der Waals surface area contributed by atoms with Gasteiger partial charge in [-0.25, -0.2) is 9.78 Å². The number of fused-ring (bicyclic) bond motifs is 1. The molecular weight excluding hydrogens is 378 g/mol. The molecule has 0 bridgehead atoms. The Bertz CT molecular complexity index is 1090. The second-order valence-electron chi connectivity index (χ2n) is 7.62. The molecule has 154 valence electrons. The normalized spacial score (nSPS) is 13.4. The van der Waals surface area contributed by atoms with Crippen LogP contribution in [-0.4, -0.2) is 22.3 Å². The van der Waals surface area contributed by atoms with Crippen LogP contribution in [0.3, 0.4) is 0 Å². The van der Waals surface area contributed by atoms with Crippen LogP contribution >= 0.6 is 0 Å². The number of hydrogen-bond acceptors (Lipinski definition) is 4. The fourth-order valence-electron chi connectivity index (χ4n) is 3.17. The largest absolute Gasteiger partial charge is 0.493 e. The van der Waals surface area contributed by atoms with Crippen LogP contribution in [0.25, 0.3) is 16.7 Å². The number of nitrogens with one attached hydrogen (secondary N) is 1. The van der Waals surface area contributed by atoms with Gasteiger partial charge in [0.25, 0.3) is 0 Å². The van der Waals surface area contributed by atoms with E-state index in [0.717, 1.165) is 35.3 Å². The van der Waals surface area contributed by atoms with Gasteiger partial charge in [0, 0.05) is 17.4 Å². The van der Waals surface area contributed by atoms with Gasteiger partial charge in [0.1, 0.15) is 17.8 Å². The highest BCUT2D eigenvalue weighted by molar-refractivity contribution is 5.86. The van der Waals surface area contributed by atoms with Gasteiger partial charge in [-0.1, -0.05) is 19.9 Å². The average molecular weight is 403 g/mol. The van der Waals surface area contributed by atoms with E-state index in [1.807, 2.05) is 65.3 Å². The minimum Gasteiger partial charge on any atom is -0.493 e. The number of ether oxygens (including phenoxy) is 2. The fraction of sp³-hybridized carbons (Fsp3) is 0.250. The van der Waals surface area contributed by atoms with E-state index in [1.165, 1.54) is 0 Å². The average Bonchev–Trinajstić information content (AvgIpc) is 3.17. The van der Waals surface area contributed by atoms with E-state index in [4.69, 9.17) is 9.47 Å². The Morgan fingerprint density at radius 2 is 2.00 bits per heavy atom. The first-order chi connectivity index (χ1) is 14.6. The molecule has 1 heterocycles. The molecular formula is C24H25N3O3. The third kappa shape index (κ3) is 4.71. The van der Waals surface area contributed by atoms with E-state index in [0.29, 0.717) is 24.0 Å². The summed E-state index contributed by atoms with van der Waals surface area (Å²) in [6.45, 7) is 4.92. The second-order valence-corrected chi connectivity index (χ2v) is 7.62. The van der Waals surface area contributed by atoms with Crippen LogP contribution in [0.1, 0.15) is 26.7 Å². The molecule has 1 aromatic heterocycles. The maximum absolute atomic E-state index is 12.1. The van der Waals surface area contributed by atoms with Gasteiger partial charge in [-0.05, 0) is 67.3 Å². The summed E-state index contributed by atoms with van der Waals surface area (Å²) < 4.78 is 13.1. The van der Waals surface area contributed by atoms with Gasteiger partial charge in [0.15, 0.2) is 0 Å². The van der Waals surface area contributed by atoms with E-state index in [-0.39, 0.29) is 0 Å². The van der Waals surface area contributed by atoms with E-state index in [2.05, 4.69) is 24.1 Å². The highest BCUT2D eigenvalue weighted by atomic mass is 16.6. The Balaban J connectivity index is 1.44. The standard InChI is InChI=1S/C24H25N3O3/c1-17(2)15-29-21-12-13-23-22(14-21)25-16-27(23)19-10-8-18(9-11-19)26-24(28)30-20-6-4-3-5-7-20/h4,6-14,16-17H,3,5,15H2,1-2H3,(H,26,28). The number of anilines is 1. The van der Waals surface area contributed by atoms with Crippen molar-refractivity contribution in [2.75, 3.05) is 11.9 Å². The van der Waals surface area contributed by atoms with Crippen LogP contribution in [0.4, 0.5) is 10.5 Å². The molecule has 0 radical (unpaired) electrons. The molecule has 0 saturated heterocycles. The monoisotopic (exact) mass is 403 g/mol. The van der Waals surface area contributed by atoms with Crippen molar-refractivity contribution in [2.24, 2.45) is 5.92 Å². The van der Waals surface area contributed by atoms with Gasteiger partial charge in [0.2, 0.25) is 0 Å². The molecule has 0 atom stereocenters. The summed E-state index contributed by atoms with van der Waals surface area (Å²) in [6.07, 6.45) is 8.87. The Morgan fingerprint density at radius 1 is 1.17 bits per heavy atom. The SMILES string of the molecule is CC(C)COc1ccc2c(c1)ncn2-c1ccc(NC(=O)OC2=CCCC=C2)cc1. The Labute approximate surface area is 175 Å². The zero-order chi connectivity index (χ0) is 20.9. The first-order valence-corrected chi connectivity index (χ1v) is 10.1. The smallest absolute Gasteiger partial charge is 0.417 e. The van der Waals surface area contributed by atoms with Gasteiger partial charge in [0.05, 0.1) is 17.6 Å². The van der Waals surface area contributed by atoms with Gasteiger partial charge >= 0.3 is 6.09 Å². The predicted octanol–water partition coefficient (Wildman–Crippen LogP) is 5.84. The van der Waals surface area contributed by atoms with Crippen LogP contribution in [0.15, 0.2) is 72.8 Å². The number of hydrogen-bond donors (Lipinski definition) is 1. The summed E-state index contributed by atoms with van der Waals surface area (Å²) in [4.78, 5) is 16.6. The van der Waals surface area contributed by atoms with Crippen molar-refractivity contribution in [1.82, 2.24) is 9.55 Å². The minimum absolute atomic E-state index is 0.471. The molecule has 6 heteroatoms. The first kappa shape index (κ1) is 19.8. The molecule has 0 spiro atoms. The van der Waals surface area contributed by atoms with Crippen molar-refractivity contribution in [3.05, 3.63) is 72.8 Å². The number of amides is 1. The van der Waals surface area contributed by atoms with Crippen molar-refractivity contribution < 1.29 is 14.3 Å². The quantitative estimate of drug-likeness (QED) is 0.561. The number of nitrogens with zero attached hydrogens (tertiary/aromatic N) is 2. The van der Waals surface area contributed by atoms with Gasteiger partial charge in [-0.2, -0.15) is 0 Å². The van der Waals surface area contributed by atoms with Crippen LogP contribution < -0.4 is 10.1 Å². The maximum atomic E-state index is 12.1. The lowest BCUT2D eigenvalue weighted by molar-refractivity contribution is 0.194. The molecule has 1 N–H and O–H groups in total. The van der Waals surface area contributed by atoms with Crippen LogP contribution in [-0.2, 0) is 4.74 Å². The van der Waals surface area contributed by atoms with Gasteiger partial charge in [-0.3, -0.25) is 9.88 Å². The maximum Gasteiger partial charge on any atom is 0.417 e. The number of imidazole rings is 1. The Kier molecular flexibility index (Phi) is 5.84. The fourth-order valence-corrected chi connectivity index (χ4v) is 3.17. The second kappa shape index (κ2) is 8.86. The molecule has 1 aliphatic rings. The predicted molar refractivity (Wildman–Crippen MR) is 118 cm³/mol. The molecule has 0 saturated carbocycles. The number of rotatable bonds is 6. The van der Waals surface area contributed by atoms with E-state index >= 15 is 0 Å².